The second-order valence-corrected chi connectivity index (χ2v) is 7.75. The number of rotatable bonds is 4. The van der Waals surface area contributed by atoms with Gasteiger partial charge in [-0.2, -0.15) is 6.07 Å². The van der Waals surface area contributed by atoms with Crippen LogP contribution in [0.3, 0.4) is 0 Å². The molecule has 160 valence electrons. The van der Waals surface area contributed by atoms with Gasteiger partial charge in [-0.1, -0.05) is 134 Å². The van der Waals surface area contributed by atoms with E-state index in [0.717, 1.165) is 0 Å². The summed E-state index contributed by atoms with van der Waals surface area (Å²) in [6.45, 7) is 2.15. The van der Waals surface area contributed by atoms with Gasteiger partial charge in [0.15, 0.2) is 0 Å². The van der Waals surface area contributed by atoms with Crippen LogP contribution in [0, 0.1) is 6.92 Å². The Balaban J connectivity index is 0.000000180. The zero-order valence-electron chi connectivity index (χ0n) is 18.9. The molecule has 0 aliphatic heterocycles. The maximum atomic E-state index is 2.26. The van der Waals surface area contributed by atoms with E-state index in [9.17, 15) is 0 Å². The number of aryl methyl sites for hydroxylation is 1. The van der Waals surface area contributed by atoms with Gasteiger partial charge in [0.1, 0.15) is 0 Å². The Bertz CT molecular complexity index is 1250. The summed E-state index contributed by atoms with van der Waals surface area (Å²) in [6.07, 6.45) is 8.31. The third-order valence-electron chi connectivity index (χ3n) is 5.27. The maximum absolute atomic E-state index is 2.26. The zero-order chi connectivity index (χ0) is 22.0. The molecule has 33 heavy (non-hydrogen) atoms. The van der Waals surface area contributed by atoms with Crippen LogP contribution in [-0.4, -0.2) is 0 Å². The standard InChI is InChI=1S/C16H13.C16H14.Zr/c1-12-10-14-8-5-9-15(16(14)11-12)13-6-3-2-4-7-13;1-3-9-15(10-4-1)13-7-8-14-16-11-5-2-6-12-16;/h2-11H,1H3;1-14H;/q-1;;/b;13-7+,14-8+;. The third-order valence-corrected chi connectivity index (χ3v) is 5.27. The molecule has 0 saturated heterocycles. The van der Waals surface area contributed by atoms with Gasteiger partial charge in [0, 0.05) is 26.2 Å². The summed E-state index contributed by atoms with van der Waals surface area (Å²) >= 11 is 0. The fourth-order valence-electron chi connectivity index (χ4n) is 3.72. The van der Waals surface area contributed by atoms with Crippen LogP contribution in [0.15, 0.2) is 133 Å². The smallest absolute Gasteiger partial charge is 0 e. The van der Waals surface area contributed by atoms with Crippen molar-refractivity contribution in [2.45, 2.75) is 6.92 Å². The molecule has 0 aromatic heterocycles. The molecule has 0 aliphatic rings. The third kappa shape index (κ3) is 7.17. The number of hydrogen-bond donors (Lipinski definition) is 0. The van der Waals surface area contributed by atoms with Crippen LogP contribution >= 0.6 is 0 Å². The van der Waals surface area contributed by atoms with E-state index in [1.54, 1.807) is 0 Å². The van der Waals surface area contributed by atoms with Crippen LogP contribution < -0.4 is 0 Å². The Morgan fingerprint density at radius 2 is 1.09 bits per heavy atom. The average molecular weight is 503 g/mol. The Morgan fingerprint density at radius 1 is 0.576 bits per heavy atom. The summed E-state index contributed by atoms with van der Waals surface area (Å²) in [5.74, 6) is 0. The van der Waals surface area contributed by atoms with Crippen molar-refractivity contribution in [3.05, 3.63) is 150 Å². The number of benzene rings is 4. The molecular weight excluding hydrogens is 476 g/mol. The minimum atomic E-state index is 0. The molecule has 1 heteroatoms. The van der Waals surface area contributed by atoms with E-state index in [1.807, 2.05) is 36.4 Å². The van der Waals surface area contributed by atoms with Crippen molar-refractivity contribution in [3.63, 3.8) is 0 Å². The van der Waals surface area contributed by atoms with Gasteiger partial charge in [0.25, 0.3) is 0 Å². The van der Waals surface area contributed by atoms with E-state index in [2.05, 4.69) is 116 Å². The van der Waals surface area contributed by atoms with Crippen molar-refractivity contribution in [1.82, 2.24) is 0 Å². The van der Waals surface area contributed by atoms with Crippen molar-refractivity contribution in [1.29, 1.82) is 0 Å². The SMILES string of the molecule is C(/C=C/c1ccccc1)=C\c1ccccc1.Cc1cc2c(-c3ccccc3)cccc2[cH-]1.[Zr]. The van der Waals surface area contributed by atoms with Gasteiger partial charge in [-0.05, 0) is 16.7 Å². The molecule has 0 spiro atoms. The van der Waals surface area contributed by atoms with Crippen molar-refractivity contribution in [2.24, 2.45) is 0 Å². The Labute approximate surface area is 216 Å². The predicted octanol–water partition coefficient (Wildman–Crippen LogP) is 8.94. The molecule has 0 bridgehead atoms. The van der Waals surface area contributed by atoms with Crippen molar-refractivity contribution in [2.75, 3.05) is 0 Å². The van der Waals surface area contributed by atoms with Gasteiger partial charge in [-0.15, -0.1) is 34.5 Å². The summed E-state index contributed by atoms with van der Waals surface area (Å²) in [6, 6.07) is 42.1. The number of fused-ring (bicyclic) bond motifs is 1. The van der Waals surface area contributed by atoms with E-state index in [0.29, 0.717) is 0 Å². The fourth-order valence-corrected chi connectivity index (χ4v) is 3.72. The van der Waals surface area contributed by atoms with Crippen LogP contribution in [-0.2, 0) is 26.2 Å². The van der Waals surface area contributed by atoms with Gasteiger partial charge in [0.05, 0.1) is 0 Å². The van der Waals surface area contributed by atoms with Gasteiger partial charge in [-0.25, -0.2) is 0 Å². The van der Waals surface area contributed by atoms with Crippen molar-refractivity contribution in [3.8, 4) is 11.1 Å². The Hall–Kier alpha value is -3.15. The van der Waals surface area contributed by atoms with E-state index in [1.165, 1.54) is 38.6 Å². The first-order valence-electron chi connectivity index (χ1n) is 11.0. The minimum Gasteiger partial charge on any atom is -0.165 e. The van der Waals surface area contributed by atoms with E-state index >= 15 is 0 Å². The molecule has 0 N–H and O–H groups in total. The second kappa shape index (κ2) is 12.8. The molecule has 0 nitrogen and oxygen atoms in total. The van der Waals surface area contributed by atoms with Gasteiger partial charge >= 0.3 is 0 Å². The molecule has 5 aromatic rings. The molecule has 0 amide bonds. The Kier molecular flexibility index (Phi) is 9.49. The van der Waals surface area contributed by atoms with Gasteiger partial charge in [0.2, 0.25) is 0 Å². The molecular formula is C32H27Zr-. The number of hydrogen-bond acceptors (Lipinski definition) is 0. The predicted molar refractivity (Wildman–Crippen MR) is 141 cm³/mol. The molecule has 0 fully saturated rings. The van der Waals surface area contributed by atoms with Crippen LogP contribution in [0.4, 0.5) is 0 Å². The summed E-state index contributed by atoms with van der Waals surface area (Å²) in [7, 11) is 0. The van der Waals surface area contributed by atoms with Crippen LogP contribution in [0.25, 0.3) is 34.1 Å². The van der Waals surface area contributed by atoms with Crippen LogP contribution in [0.5, 0.6) is 0 Å². The quantitative estimate of drug-likeness (QED) is 0.170. The first kappa shape index (κ1) is 24.5. The first-order chi connectivity index (χ1) is 15.8. The molecule has 0 radical (unpaired) electrons. The second-order valence-electron chi connectivity index (χ2n) is 7.75. The average Bonchev–Trinajstić information content (AvgIpc) is 3.24. The zero-order valence-corrected chi connectivity index (χ0v) is 21.3. The van der Waals surface area contributed by atoms with E-state index in [-0.39, 0.29) is 26.2 Å². The fraction of sp³-hybridized carbons (Fsp3) is 0.0312. The summed E-state index contributed by atoms with van der Waals surface area (Å²) in [4.78, 5) is 0. The molecule has 0 saturated carbocycles. The van der Waals surface area contributed by atoms with Gasteiger partial charge < -0.3 is 0 Å². The van der Waals surface area contributed by atoms with Gasteiger partial charge in [-0.3, -0.25) is 0 Å². The molecule has 0 aliphatic carbocycles. The van der Waals surface area contributed by atoms with Crippen molar-refractivity contribution >= 4 is 22.9 Å². The first-order valence-corrected chi connectivity index (χ1v) is 11.0. The topological polar surface area (TPSA) is 0 Å². The molecule has 0 heterocycles. The van der Waals surface area contributed by atoms with E-state index in [4.69, 9.17) is 0 Å². The van der Waals surface area contributed by atoms with Crippen LogP contribution in [0.1, 0.15) is 16.7 Å². The molecule has 5 aromatic carbocycles. The summed E-state index contributed by atoms with van der Waals surface area (Å²) < 4.78 is 0. The monoisotopic (exact) mass is 501 g/mol. The molecule has 0 unspecified atom stereocenters. The van der Waals surface area contributed by atoms with Crippen molar-refractivity contribution < 1.29 is 26.2 Å². The van der Waals surface area contributed by atoms with Crippen LogP contribution in [0.2, 0.25) is 0 Å². The van der Waals surface area contributed by atoms with E-state index < -0.39 is 0 Å². The summed E-state index contributed by atoms with van der Waals surface area (Å²) in [5, 5.41) is 2.69. The molecule has 0 atom stereocenters. The molecule has 5 rings (SSSR count). The summed E-state index contributed by atoms with van der Waals surface area (Å²) in [5.41, 5.74) is 6.39. The normalized spacial score (nSPS) is 10.7. The largest absolute Gasteiger partial charge is 0.165 e. The minimum absolute atomic E-state index is 0. The number of allylic oxidation sites excluding steroid dienone is 2. The Morgan fingerprint density at radius 3 is 1.64 bits per heavy atom. The maximum Gasteiger partial charge on any atom is 0 e.